The largest absolute Gasteiger partial charge is 0.398 e. The number of hydrogen-bond donors (Lipinski definition) is 2. The van der Waals surface area contributed by atoms with Gasteiger partial charge in [0.05, 0.1) is 6.04 Å². The predicted molar refractivity (Wildman–Crippen MR) is 84.2 cm³/mol. The summed E-state index contributed by atoms with van der Waals surface area (Å²) in [5, 5.41) is 2.98. The number of nitrogens with zero attached hydrogens (tertiary/aromatic N) is 1. The molecule has 4 nitrogen and oxygen atoms in total. The second kappa shape index (κ2) is 7.90. The molecule has 0 radical (unpaired) electrons. The molecule has 0 heterocycles. The summed E-state index contributed by atoms with van der Waals surface area (Å²) < 4.78 is 0. The highest BCUT2D eigenvalue weighted by Crippen LogP contribution is 2.14. The first-order valence-electron chi connectivity index (χ1n) is 7.23. The highest BCUT2D eigenvalue weighted by molar-refractivity contribution is 5.81. The molecule has 0 bridgehead atoms. The lowest BCUT2D eigenvalue weighted by Gasteiger charge is -2.24. The molecule has 1 aromatic carbocycles. The van der Waals surface area contributed by atoms with E-state index in [1.807, 2.05) is 43.1 Å². The molecule has 20 heavy (non-hydrogen) atoms. The number of rotatable bonds is 7. The molecule has 112 valence electrons. The Bertz CT molecular complexity index is 431. The van der Waals surface area contributed by atoms with Crippen LogP contribution in [-0.4, -0.2) is 30.4 Å². The Morgan fingerprint density at radius 2 is 1.95 bits per heavy atom. The van der Waals surface area contributed by atoms with Crippen molar-refractivity contribution in [3.63, 3.8) is 0 Å². The lowest BCUT2D eigenvalue weighted by atomic mass is 10.1. The van der Waals surface area contributed by atoms with Gasteiger partial charge in [-0.2, -0.15) is 0 Å². The van der Waals surface area contributed by atoms with Gasteiger partial charge in [0, 0.05) is 18.8 Å². The van der Waals surface area contributed by atoms with Gasteiger partial charge in [-0.1, -0.05) is 32.0 Å². The summed E-state index contributed by atoms with van der Waals surface area (Å²) in [5.41, 5.74) is 7.75. The molecule has 1 aromatic rings. The van der Waals surface area contributed by atoms with E-state index in [0.29, 0.717) is 12.5 Å². The summed E-state index contributed by atoms with van der Waals surface area (Å²) in [5.74, 6) is 0.676. The lowest BCUT2D eigenvalue weighted by Crippen LogP contribution is -2.43. The number of benzene rings is 1. The fourth-order valence-electron chi connectivity index (χ4n) is 1.92. The maximum absolute atomic E-state index is 12.1. The van der Waals surface area contributed by atoms with E-state index in [2.05, 4.69) is 19.2 Å². The van der Waals surface area contributed by atoms with Crippen LogP contribution in [0.25, 0.3) is 0 Å². The second-order valence-corrected chi connectivity index (χ2v) is 5.76. The summed E-state index contributed by atoms with van der Waals surface area (Å²) in [6.45, 7) is 7.64. The topological polar surface area (TPSA) is 58.4 Å². The van der Waals surface area contributed by atoms with Crippen LogP contribution < -0.4 is 11.1 Å². The summed E-state index contributed by atoms with van der Waals surface area (Å²) in [6, 6.07) is 7.60. The fourth-order valence-corrected chi connectivity index (χ4v) is 1.92. The van der Waals surface area contributed by atoms with E-state index in [0.717, 1.165) is 24.2 Å². The van der Waals surface area contributed by atoms with E-state index in [1.54, 1.807) is 0 Å². The van der Waals surface area contributed by atoms with Gasteiger partial charge in [-0.25, -0.2) is 0 Å². The first-order chi connectivity index (χ1) is 9.41. The molecule has 0 aromatic heterocycles. The quantitative estimate of drug-likeness (QED) is 0.752. The van der Waals surface area contributed by atoms with Crippen molar-refractivity contribution in [3.8, 4) is 0 Å². The Hall–Kier alpha value is -1.55. The molecular weight excluding hydrogens is 250 g/mol. The highest BCUT2D eigenvalue weighted by atomic mass is 16.2. The predicted octanol–water partition coefficient (Wildman–Crippen LogP) is 2.25. The summed E-state index contributed by atoms with van der Waals surface area (Å²) in [4.78, 5) is 14.1. The molecular formula is C16H27N3O. The SMILES string of the molecule is CC(C)CCNC(=O)C(C)N(C)Cc1ccccc1N. The zero-order chi connectivity index (χ0) is 15.1. The van der Waals surface area contributed by atoms with Gasteiger partial charge in [-0.05, 0) is 37.9 Å². The molecule has 1 rings (SSSR count). The normalized spacial score (nSPS) is 12.7. The number of carbonyl (C=O) groups is 1. The third-order valence-electron chi connectivity index (χ3n) is 3.54. The number of nitrogens with two attached hydrogens (primary N) is 1. The van der Waals surface area contributed by atoms with E-state index in [-0.39, 0.29) is 11.9 Å². The van der Waals surface area contributed by atoms with Crippen molar-refractivity contribution >= 4 is 11.6 Å². The van der Waals surface area contributed by atoms with E-state index in [4.69, 9.17) is 5.73 Å². The number of carbonyl (C=O) groups excluding carboxylic acids is 1. The number of hydrogen-bond acceptors (Lipinski definition) is 3. The van der Waals surface area contributed by atoms with Crippen LogP contribution in [0.2, 0.25) is 0 Å². The molecule has 0 aliphatic heterocycles. The van der Waals surface area contributed by atoms with Gasteiger partial charge in [-0.15, -0.1) is 0 Å². The van der Waals surface area contributed by atoms with Gasteiger partial charge in [0.15, 0.2) is 0 Å². The molecule has 0 saturated carbocycles. The molecule has 0 saturated heterocycles. The Morgan fingerprint density at radius 3 is 2.55 bits per heavy atom. The molecule has 0 aliphatic rings. The summed E-state index contributed by atoms with van der Waals surface area (Å²) in [7, 11) is 1.94. The Kier molecular flexibility index (Phi) is 6.52. The van der Waals surface area contributed by atoms with Gasteiger partial charge in [0.25, 0.3) is 0 Å². The monoisotopic (exact) mass is 277 g/mol. The van der Waals surface area contributed by atoms with Crippen LogP contribution in [0, 0.1) is 5.92 Å². The first kappa shape index (κ1) is 16.5. The number of anilines is 1. The van der Waals surface area contributed by atoms with E-state index < -0.39 is 0 Å². The molecule has 0 fully saturated rings. The highest BCUT2D eigenvalue weighted by Gasteiger charge is 2.18. The third-order valence-corrected chi connectivity index (χ3v) is 3.54. The van der Waals surface area contributed by atoms with Crippen LogP contribution >= 0.6 is 0 Å². The number of nitrogens with one attached hydrogen (secondary N) is 1. The first-order valence-corrected chi connectivity index (χ1v) is 7.23. The van der Waals surface area contributed by atoms with Crippen LogP contribution in [0.4, 0.5) is 5.69 Å². The number of likely N-dealkylation sites (N-methyl/N-ethyl adjacent to an activating group) is 1. The molecule has 1 unspecified atom stereocenters. The third kappa shape index (κ3) is 5.21. The number of nitrogen functional groups attached to an aromatic ring is 1. The molecule has 3 N–H and O–H groups in total. The van der Waals surface area contributed by atoms with Crippen molar-refractivity contribution in [1.82, 2.24) is 10.2 Å². The fraction of sp³-hybridized carbons (Fsp3) is 0.562. The van der Waals surface area contributed by atoms with E-state index in [1.165, 1.54) is 0 Å². The van der Waals surface area contributed by atoms with Crippen LogP contribution in [-0.2, 0) is 11.3 Å². The van der Waals surface area contributed by atoms with Gasteiger partial charge >= 0.3 is 0 Å². The van der Waals surface area contributed by atoms with Crippen molar-refractivity contribution in [2.24, 2.45) is 5.92 Å². The zero-order valence-electron chi connectivity index (χ0n) is 13.0. The van der Waals surface area contributed by atoms with Crippen molar-refractivity contribution in [1.29, 1.82) is 0 Å². The Balaban J connectivity index is 2.48. The van der Waals surface area contributed by atoms with Gasteiger partial charge < -0.3 is 11.1 Å². The number of para-hydroxylation sites is 1. The van der Waals surface area contributed by atoms with Crippen LogP contribution in [0.3, 0.4) is 0 Å². The lowest BCUT2D eigenvalue weighted by molar-refractivity contribution is -0.125. The van der Waals surface area contributed by atoms with Crippen LogP contribution in [0.1, 0.15) is 32.8 Å². The minimum absolute atomic E-state index is 0.0719. The molecule has 0 aliphatic carbocycles. The van der Waals surface area contributed by atoms with Gasteiger partial charge in [0.2, 0.25) is 5.91 Å². The molecule has 4 heteroatoms. The van der Waals surface area contributed by atoms with Crippen molar-refractivity contribution in [2.45, 2.75) is 39.8 Å². The van der Waals surface area contributed by atoms with Crippen molar-refractivity contribution in [3.05, 3.63) is 29.8 Å². The average molecular weight is 277 g/mol. The van der Waals surface area contributed by atoms with E-state index in [9.17, 15) is 4.79 Å². The second-order valence-electron chi connectivity index (χ2n) is 5.76. The number of amides is 1. The average Bonchev–Trinajstić information content (AvgIpc) is 2.39. The standard InChI is InChI=1S/C16H27N3O/c1-12(2)9-10-18-16(20)13(3)19(4)11-14-7-5-6-8-15(14)17/h5-8,12-13H,9-11,17H2,1-4H3,(H,18,20). The Morgan fingerprint density at radius 1 is 1.30 bits per heavy atom. The minimum atomic E-state index is -0.165. The zero-order valence-corrected chi connectivity index (χ0v) is 13.0. The van der Waals surface area contributed by atoms with Crippen molar-refractivity contribution < 1.29 is 4.79 Å². The van der Waals surface area contributed by atoms with Gasteiger partial charge in [0.1, 0.15) is 0 Å². The maximum atomic E-state index is 12.1. The van der Waals surface area contributed by atoms with Crippen LogP contribution in [0.15, 0.2) is 24.3 Å². The molecule has 1 atom stereocenters. The maximum Gasteiger partial charge on any atom is 0.237 e. The van der Waals surface area contributed by atoms with E-state index >= 15 is 0 Å². The van der Waals surface area contributed by atoms with Crippen molar-refractivity contribution in [2.75, 3.05) is 19.3 Å². The molecule has 0 spiro atoms. The Labute approximate surface area is 122 Å². The summed E-state index contributed by atoms with van der Waals surface area (Å²) in [6.07, 6.45) is 1.01. The smallest absolute Gasteiger partial charge is 0.237 e. The minimum Gasteiger partial charge on any atom is -0.398 e. The van der Waals surface area contributed by atoms with Crippen LogP contribution in [0.5, 0.6) is 0 Å². The van der Waals surface area contributed by atoms with Gasteiger partial charge in [-0.3, -0.25) is 9.69 Å². The summed E-state index contributed by atoms with van der Waals surface area (Å²) >= 11 is 0. The molecule has 1 amide bonds.